The van der Waals surface area contributed by atoms with Gasteiger partial charge in [0.1, 0.15) is 0 Å². The Kier molecular flexibility index (Phi) is 2.80. The Bertz CT molecular complexity index is 585. The van der Waals surface area contributed by atoms with Crippen LogP contribution in [0.5, 0.6) is 0 Å². The largest absolute Gasteiger partial charge is 0.435 e. The lowest BCUT2D eigenvalue weighted by Gasteiger charge is -2.07. The smallest absolute Gasteiger partial charge is 0.399 e. The first kappa shape index (κ1) is 12.5. The van der Waals surface area contributed by atoms with Crippen molar-refractivity contribution < 1.29 is 13.2 Å². The van der Waals surface area contributed by atoms with Crippen LogP contribution >= 0.6 is 0 Å². The molecule has 0 radical (unpaired) electrons. The second-order valence-corrected chi connectivity index (χ2v) is 4.12. The van der Waals surface area contributed by atoms with Crippen LogP contribution in [0.25, 0.3) is 5.69 Å². The molecule has 3 nitrogen and oxygen atoms in total. The summed E-state index contributed by atoms with van der Waals surface area (Å²) in [5.41, 5.74) is 7.16. The lowest BCUT2D eigenvalue weighted by atomic mass is 10.2. The van der Waals surface area contributed by atoms with Crippen LogP contribution in [-0.2, 0) is 6.18 Å². The number of alkyl halides is 3. The highest BCUT2D eigenvalue weighted by molar-refractivity contribution is 5.52. The molecule has 6 heteroatoms. The van der Waals surface area contributed by atoms with Gasteiger partial charge in [-0.15, -0.1) is 0 Å². The van der Waals surface area contributed by atoms with Gasteiger partial charge in [0.05, 0.1) is 5.69 Å². The maximum atomic E-state index is 12.5. The molecule has 1 aromatic carbocycles. The van der Waals surface area contributed by atoms with Gasteiger partial charge in [-0.2, -0.15) is 18.3 Å². The minimum Gasteiger partial charge on any atom is -0.399 e. The van der Waals surface area contributed by atoms with Crippen molar-refractivity contribution in [1.29, 1.82) is 0 Å². The molecular formula is C12H12F3N3. The summed E-state index contributed by atoms with van der Waals surface area (Å²) in [5, 5.41) is 3.57. The van der Waals surface area contributed by atoms with E-state index in [1.165, 1.54) is 4.68 Å². The standard InChI is InChI=1S/C12H12F3N3/c1-7-5-9(3-4-10(7)16)18-8(2)6-11(17-18)12(13,14)15/h3-6H,16H2,1-2H3. The third-order valence-corrected chi connectivity index (χ3v) is 2.68. The Labute approximate surface area is 102 Å². The molecule has 96 valence electrons. The Morgan fingerprint density at radius 2 is 1.83 bits per heavy atom. The van der Waals surface area contributed by atoms with Crippen molar-refractivity contribution in [2.45, 2.75) is 20.0 Å². The number of nitrogen functional groups attached to an aromatic ring is 1. The molecule has 0 amide bonds. The third-order valence-electron chi connectivity index (χ3n) is 2.68. The van der Waals surface area contributed by atoms with Gasteiger partial charge in [0.2, 0.25) is 0 Å². The topological polar surface area (TPSA) is 43.8 Å². The minimum atomic E-state index is -4.43. The quantitative estimate of drug-likeness (QED) is 0.796. The van der Waals surface area contributed by atoms with Gasteiger partial charge < -0.3 is 5.73 Å². The Balaban J connectivity index is 2.51. The van der Waals surface area contributed by atoms with Crippen LogP contribution in [0, 0.1) is 13.8 Å². The highest BCUT2D eigenvalue weighted by Gasteiger charge is 2.34. The third kappa shape index (κ3) is 2.18. The van der Waals surface area contributed by atoms with E-state index in [4.69, 9.17) is 5.73 Å². The van der Waals surface area contributed by atoms with Gasteiger partial charge >= 0.3 is 6.18 Å². The molecule has 1 heterocycles. The average Bonchev–Trinajstić information content (AvgIpc) is 2.64. The number of halogens is 3. The molecule has 0 aliphatic rings. The lowest BCUT2D eigenvalue weighted by molar-refractivity contribution is -0.141. The summed E-state index contributed by atoms with van der Waals surface area (Å²) in [5.74, 6) is 0. The van der Waals surface area contributed by atoms with E-state index < -0.39 is 11.9 Å². The van der Waals surface area contributed by atoms with Crippen molar-refractivity contribution in [1.82, 2.24) is 9.78 Å². The highest BCUT2D eigenvalue weighted by atomic mass is 19.4. The van der Waals surface area contributed by atoms with E-state index in [1.807, 2.05) is 0 Å². The first-order valence-corrected chi connectivity index (χ1v) is 5.29. The second-order valence-electron chi connectivity index (χ2n) is 4.12. The minimum absolute atomic E-state index is 0.423. The van der Waals surface area contributed by atoms with Gasteiger partial charge in [-0.1, -0.05) is 0 Å². The lowest BCUT2D eigenvalue weighted by Crippen LogP contribution is -2.07. The number of anilines is 1. The molecule has 0 bridgehead atoms. The second kappa shape index (κ2) is 4.04. The maximum absolute atomic E-state index is 12.5. The maximum Gasteiger partial charge on any atom is 0.435 e. The van der Waals surface area contributed by atoms with E-state index in [9.17, 15) is 13.2 Å². The van der Waals surface area contributed by atoms with Crippen molar-refractivity contribution >= 4 is 5.69 Å². The molecule has 2 N–H and O–H groups in total. The SMILES string of the molecule is Cc1cc(-n2nc(C(F)(F)F)cc2C)ccc1N. The van der Waals surface area contributed by atoms with Crippen molar-refractivity contribution in [3.63, 3.8) is 0 Å². The van der Waals surface area contributed by atoms with Crippen molar-refractivity contribution in [2.24, 2.45) is 0 Å². The summed E-state index contributed by atoms with van der Waals surface area (Å²) in [6.45, 7) is 3.37. The predicted octanol–water partition coefficient (Wildman–Crippen LogP) is 3.09. The number of benzene rings is 1. The van der Waals surface area contributed by atoms with E-state index in [0.29, 0.717) is 17.1 Å². The normalized spacial score (nSPS) is 11.8. The van der Waals surface area contributed by atoms with Gasteiger partial charge in [0.15, 0.2) is 5.69 Å². The fraction of sp³-hybridized carbons (Fsp3) is 0.250. The molecule has 0 fully saturated rings. The van der Waals surface area contributed by atoms with Gasteiger partial charge in [-0.25, -0.2) is 4.68 Å². The fourth-order valence-corrected chi connectivity index (χ4v) is 1.67. The Hall–Kier alpha value is -1.98. The molecule has 0 saturated carbocycles. The van der Waals surface area contributed by atoms with E-state index >= 15 is 0 Å². The Morgan fingerprint density at radius 1 is 1.17 bits per heavy atom. The van der Waals surface area contributed by atoms with Crippen LogP contribution in [0.3, 0.4) is 0 Å². The van der Waals surface area contributed by atoms with Gasteiger partial charge in [0.25, 0.3) is 0 Å². The summed E-state index contributed by atoms with van der Waals surface area (Å²) in [6.07, 6.45) is -4.43. The van der Waals surface area contributed by atoms with Crippen LogP contribution < -0.4 is 5.73 Å². The fourth-order valence-electron chi connectivity index (χ4n) is 1.67. The first-order chi connectivity index (χ1) is 8.29. The molecule has 1 aromatic heterocycles. The van der Waals surface area contributed by atoms with Gasteiger partial charge in [-0.05, 0) is 43.7 Å². The molecule has 0 saturated heterocycles. The van der Waals surface area contributed by atoms with E-state index in [2.05, 4.69) is 5.10 Å². The zero-order valence-corrected chi connectivity index (χ0v) is 9.92. The summed E-state index contributed by atoms with van der Waals surface area (Å²) in [7, 11) is 0. The van der Waals surface area contributed by atoms with E-state index in [0.717, 1.165) is 11.6 Å². The van der Waals surface area contributed by atoms with Crippen LogP contribution in [-0.4, -0.2) is 9.78 Å². The molecule has 2 aromatic rings. The molecule has 0 atom stereocenters. The van der Waals surface area contributed by atoms with Crippen LogP contribution in [0.15, 0.2) is 24.3 Å². The zero-order valence-electron chi connectivity index (χ0n) is 9.92. The van der Waals surface area contributed by atoms with Crippen molar-refractivity contribution in [3.8, 4) is 5.69 Å². The molecule has 2 rings (SSSR count). The van der Waals surface area contributed by atoms with Crippen molar-refractivity contribution in [3.05, 3.63) is 41.2 Å². The summed E-state index contributed by atoms with van der Waals surface area (Å²) in [4.78, 5) is 0. The van der Waals surface area contributed by atoms with Crippen molar-refractivity contribution in [2.75, 3.05) is 5.73 Å². The van der Waals surface area contributed by atoms with Crippen LogP contribution in [0.1, 0.15) is 17.0 Å². The highest BCUT2D eigenvalue weighted by Crippen LogP contribution is 2.29. The Morgan fingerprint density at radius 3 is 2.33 bits per heavy atom. The summed E-state index contributed by atoms with van der Waals surface area (Å²) in [6, 6.07) is 6.02. The van der Waals surface area contributed by atoms with Gasteiger partial charge in [0, 0.05) is 11.4 Å². The number of aromatic nitrogens is 2. The van der Waals surface area contributed by atoms with Crippen LogP contribution in [0.2, 0.25) is 0 Å². The number of nitrogens with zero attached hydrogens (tertiary/aromatic N) is 2. The number of nitrogens with two attached hydrogens (primary N) is 1. The number of aryl methyl sites for hydroxylation is 2. The molecule has 0 aliphatic carbocycles. The monoisotopic (exact) mass is 255 g/mol. The first-order valence-electron chi connectivity index (χ1n) is 5.29. The van der Waals surface area contributed by atoms with Gasteiger partial charge in [-0.3, -0.25) is 0 Å². The number of hydrogen-bond donors (Lipinski definition) is 1. The number of rotatable bonds is 1. The molecule has 0 spiro atoms. The molecule has 18 heavy (non-hydrogen) atoms. The molecule has 0 aliphatic heterocycles. The zero-order chi connectivity index (χ0) is 13.5. The summed E-state index contributed by atoms with van der Waals surface area (Å²) >= 11 is 0. The van der Waals surface area contributed by atoms with Crippen LogP contribution in [0.4, 0.5) is 18.9 Å². The number of hydrogen-bond acceptors (Lipinski definition) is 2. The van der Waals surface area contributed by atoms with E-state index in [1.54, 1.807) is 32.0 Å². The molecule has 0 unspecified atom stereocenters. The molecular weight excluding hydrogens is 243 g/mol. The summed E-state index contributed by atoms with van der Waals surface area (Å²) < 4.78 is 38.9. The average molecular weight is 255 g/mol. The predicted molar refractivity (Wildman–Crippen MR) is 62.5 cm³/mol. The van der Waals surface area contributed by atoms with E-state index in [-0.39, 0.29) is 0 Å².